The highest BCUT2D eigenvalue weighted by atomic mass is 16.1. The van der Waals surface area contributed by atoms with Gasteiger partial charge in [0.05, 0.1) is 0 Å². The van der Waals surface area contributed by atoms with Gasteiger partial charge in [0, 0.05) is 0 Å². The Morgan fingerprint density at radius 2 is 2.00 bits per heavy atom. The largest absolute Gasteiger partial charge is 0.316 e. The summed E-state index contributed by atoms with van der Waals surface area (Å²) >= 11 is 0. The molecular formula is C15H28N2O. The Hall–Kier alpha value is -0.920. The van der Waals surface area contributed by atoms with Crippen LogP contribution in [0.3, 0.4) is 0 Å². The Morgan fingerprint density at radius 1 is 1.44 bits per heavy atom. The number of nitrogens with one attached hydrogen (secondary N) is 2. The molecule has 104 valence electrons. The van der Waals surface area contributed by atoms with Gasteiger partial charge in [0.1, 0.15) is 0 Å². The minimum absolute atomic E-state index is 0.382. The summed E-state index contributed by atoms with van der Waals surface area (Å²) in [7, 11) is 0. The summed E-state index contributed by atoms with van der Waals surface area (Å²) in [5, 5.41) is 8.90. The predicted molar refractivity (Wildman–Crippen MR) is 76.4 cm³/mol. The zero-order valence-corrected chi connectivity index (χ0v) is 12.3. The van der Waals surface area contributed by atoms with Crippen LogP contribution in [0.5, 0.6) is 0 Å². The molecule has 0 spiro atoms. The molecule has 0 aromatic rings. The summed E-state index contributed by atoms with van der Waals surface area (Å²) in [6, 6.07) is 0. The van der Waals surface area contributed by atoms with Crippen LogP contribution < -0.4 is 5.32 Å². The standard InChI is InChI=1S/C14H27N.CHNO/c1-6-7-9-14(5,13(2,3)4)12-8-10-15-11-12;2-1-3/h6,12,15H,1,7-11H2,2-5H3;2H/t12-,14?;/m1./s1. The van der Waals surface area contributed by atoms with Gasteiger partial charge in [0.25, 0.3) is 0 Å². The van der Waals surface area contributed by atoms with Crippen LogP contribution in [0.1, 0.15) is 47.0 Å². The van der Waals surface area contributed by atoms with Crippen LogP contribution in [0.25, 0.3) is 0 Å². The second-order valence-corrected chi connectivity index (χ2v) is 6.29. The van der Waals surface area contributed by atoms with Gasteiger partial charge < -0.3 is 5.32 Å². The fraction of sp³-hybridized carbons (Fsp3) is 0.800. The molecule has 1 heterocycles. The maximum absolute atomic E-state index is 8.35. The fourth-order valence-electron chi connectivity index (χ4n) is 2.79. The third kappa shape index (κ3) is 4.40. The second kappa shape index (κ2) is 7.50. The topological polar surface area (TPSA) is 53.0 Å². The fourth-order valence-corrected chi connectivity index (χ4v) is 2.79. The van der Waals surface area contributed by atoms with Crippen molar-refractivity contribution in [3.63, 3.8) is 0 Å². The van der Waals surface area contributed by atoms with Crippen molar-refractivity contribution in [2.45, 2.75) is 47.0 Å². The lowest BCUT2D eigenvalue weighted by atomic mass is 9.58. The van der Waals surface area contributed by atoms with E-state index in [4.69, 9.17) is 10.2 Å². The molecule has 3 nitrogen and oxygen atoms in total. The van der Waals surface area contributed by atoms with Crippen molar-refractivity contribution < 1.29 is 4.79 Å². The molecule has 2 atom stereocenters. The summed E-state index contributed by atoms with van der Waals surface area (Å²) in [4.78, 5) is 8.35. The normalized spacial score (nSPS) is 22.3. The van der Waals surface area contributed by atoms with Crippen molar-refractivity contribution in [2.75, 3.05) is 13.1 Å². The third-order valence-corrected chi connectivity index (χ3v) is 4.54. The van der Waals surface area contributed by atoms with Gasteiger partial charge in [-0.2, -0.15) is 0 Å². The number of isocyanates is 1. The molecule has 0 bridgehead atoms. The van der Waals surface area contributed by atoms with E-state index in [1.165, 1.54) is 25.9 Å². The van der Waals surface area contributed by atoms with Gasteiger partial charge in [-0.25, -0.2) is 10.2 Å². The number of allylic oxidation sites excluding steroid dienone is 1. The molecule has 1 aliphatic heterocycles. The Morgan fingerprint density at radius 3 is 2.33 bits per heavy atom. The molecule has 0 amide bonds. The Bertz CT molecular complexity index is 281. The number of rotatable bonds is 4. The van der Waals surface area contributed by atoms with Crippen LogP contribution >= 0.6 is 0 Å². The molecule has 0 aromatic carbocycles. The maximum atomic E-state index is 8.35. The van der Waals surface area contributed by atoms with E-state index in [0.717, 1.165) is 18.4 Å². The summed E-state index contributed by atoms with van der Waals surface area (Å²) < 4.78 is 0. The molecule has 0 saturated carbocycles. The van der Waals surface area contributed by atoms with Gasteiger partial charge in [-0.3, -0.25) is 0 Å². The van der Waals surface area contributed by atoms with Gasteiger partial charge in [0.15, 0.2) is 0 Å². The lowest BCUT2D eigenvalue weighted by molar-refractivity contribution is 0.0344. The Balaban J connectivity index is 0.000000873. The molecular weight excluding hydrogens is 224 g/mol. The molecule has 3 heteroatoms. The van der Waals surface area contributed by atoms with Crippen molar-refractivity contribution in [3.05, 3.63) is 12.7 Å². The predicted octanol–water partition coefficient (Wildman–Crippen LogP) is 3.52. The molecule has 0 aliphatic carbocycles. The van der Waals surface area contributed by atoms with E-state index in [9.17, 15) is 0 Å². The van der Waals surface area contributed by atoms with Crippen LogP contribution in [0.4, 0.5) is 0 Å². The lowest BCUT2D eigenvalue weighted by Crippen LogP contribution is -2.40. The summed E-state index contributed by atoms with van der Waals surface area (Å²) in [6.45, 7) is 15.9. The van der Waals surface area contributed by atoms with Crippen molar-refractivity contribution in [1.82, 2.24) is 5.32 Å². The van der Waals surface area contributed by atoms with E-state index in [1.807, 2.05) is 0 Å². The second-order valence-electron chi connectivity index (χ2n) is 6.29. The number of carbonyl (C=O) groups excluding carboxylic acids is 1. The summed E-state index contributed by atoms with van der Waals surface area (Å²) in [6.07, 6.45) is 6.56. The molecule has 2 N–H and O–H groups in total. The number of hydrogen-bond donors (Lipinski definition) is 2. The molecule has 1 rings (SSSR count). The Labute approximate surface area is 112 Å². The zero-order chi connectivity index (χ0) is 14.2. The van der Waals surface area contributed by atoms with Gasteiger partial charge >= 0.3 is 0 Å². The Kier molecular flexibility index (Phi) is 7.12. The summed E-state index contributed by atoms with van der Waals surface area (Å²) in [5.74, 6) is 0.831. The zero-order valence-electron chi connectivity index (χ0n) is 12.3. The van der Waals surface area contributed by atoms with Crippen LogP contribution in [-0.4, -0.2) is 19.2 Å². The molecule has 1 saturated heterocycles. The van der Waals surface area contributed by atoms with Crippen molar-refractivity contribution >= 4 is 6.08 Å². The average Bonchev–Trinajstić information content (AvgIpc) is 2.79. The van der Waals surface area contributed by atoms with Crippen LogP contribution in [0.2, 0.25) is 0 Å². The molecule has 0 aromatic heterocycles. The minimum atomic E-state index is 0.382. The molecule has 18 heavy (non-hydrogen) atoms. The van der Waals surface area contributed by atoms with E-state index in [2.05, 4.69) is 45.7 Å². The smallest absolute Gasteiger partial charge is 0.231 e. The molecule has 1 unspecified atom stereocenters. The van der Waals surface area contributed by atoms with E-state index in [1.54, 1.807) is 0 Å². The molecule has 1 aliphatic rings. The third-order valence-electron chi connectivity index (χ3n) is 4.54. The first-order valence-corrected chi connectivity index (χ1v) is 6.69. The summed E-state index contributed by atoms with van der Waals surface area (Å²) in [5.41, 5.74) is 0.817. The first kappa shape index (κ1) is 17.1. The quantitative estimate of drug-likeness (QED) is 0.457. The SMILES string of the molecule is C=CCCC(C)([C@@H]1CCNC1)C(C)(C)C.N=C=O. The van der Waals surface area contributed by atoms with E-state index in [-0.39, 0.29) is 0 Å². The van der Waals surface area contributed by atoms with Crippen LogP contribution in [0.15, 0.2) is 12.7 Å². The van der Waals surface area contributed by atoms with Crippen molar-refractivity contribution in [1.29, 1.82) is 5.41 Å². The molecule has 0 radical (unpaired) electrons. The van der Waals surface area contributed by atoms with E-state index < -0.39 is 0 Å². The van der Waals surface area contributed by atoms with Crippen LogP contribution in [-0.2, 0) is 4.79 Å². The van der Waals surface area contributed by atoms with Gasteiger partial charge in [-0.15, -0.1) is 6.58 Å². The van der Waals surface area contributed by atoms with Crippen molar-refractivity contribution in [2.24, 2.45) is 16.7 Å². The lowest BCUT2D eigenvalue weighted by Gasteiger charge is -2.46. The van der Waals surface area contributed by atoms with Crippen molar-refractivity contribution in [3.8, 4) is 0 Å². The highest BCUT2D eigenvalue weighted by molar-refractivity contribution is 5.26. The van der Waals surface area contributed by atoms with Crippen LogP contribution in [0, 0.1) is 22.2 Å². The van der Waals surface area contributed by atoms with Gasteiger partial charge in [0.2, 0.25) is 6.08 Å². The maximum Gasteiger partial charge on any atom is 0.231 e. The monoisotopic (exact) mass is 252 g/mol. The van der Waals surface area contributed by atoms with E-state index in [0.29, 0.717) is 10.8 Å². The first-order valence-electron chi connectivity index (χ1n) is 6.69. The first-order chi connectivity index (χ1) is 8.33. The number of hydrogen-bond acceptors (Lipinski definition) is 3. The highest BCUT2D eigenvalue weighted by Gasteiger charge is 2.43. The molecule has 1 fully saturated rings. The minimum Gasteiger partial charge on any atom is -0.316 e. The average molecular weight is 252 g/mol. The van der Waals surface area contributed by atoms with Gasteiger partial charge in [-0.1, -0.05) is 33.8 Å². The van der Waals surface area contributed by atoms with E-state index >= 15 is 0 Å². The highest BCUT2D eigenvalue weighted by Crippen LogP contribution is 2.49. The van der Waals surface area contributed by atoms with Gasteiger partial charge in [-0.05, 0) is 49.1 Å².